The van der Waals surface area contributed by atoms with Crippen LogP contribution >= 0.6 is 12.4 Å². The molecule has 0 unspecified atom stereocenters. The summed E-state index contributed by atoms with van der Waals surface area (Å²) in [5.41, 5.74) is 6.54. The lowest BCUT2D eigenvalue weighted by molar-refractivity contribution is 1.23. The first kappa shape index (κ1) is 11.4. The summed E-state index contributed by atoms with van der Waals surface area (Å²) in [5.74, 6) is 0.00258. The molecule has 2 aromatic carbocycles. The Balaban J connectivity index is 0.00000108. The molecule has 3 aromatic rings. The van der Waals surface area contributed by atoms with Crippen molar-refractivity contribution < 1.29 is 0 Å². The van der Waals surface area contributed by atoms with E-state index in [9.17, 15) is 4.79 Å². The molecule has 17 heavy (non-hydrogen) atoms. The highest BCUT2D eigenvalue weighted by atomic mass is 35.5. The maximum absolute atomic E-state index is 11.3. The third-order valence-corrected chi connectivity index (χ3v) is 2.59. The molecule has 3 N–H and O–H groups in total. The minimum Gasteiger partial charge on any atom is -0.379 e. The summed E-state index contributed by atoms with van der Waals surface area (Å²) >= 11 is 0. The first-order valence-corrected chi connectivity index (χ1v) is 4.92. The number of aromatic nitrogens is 2. The van der Waals surface area contributed by atoms with Crippen molar-refractivity contribution in [3.63, 3.8) is 0 Å². The first-order chi connectivity index (χ1) is 7.74. The molecule has 1 aromatic heterocycles. The van der Waals surface area contributed by atoms with E-state index in [0.717, 1.165) is 10.8 Å². The number of aromatic amines is 1. The van der Waals surface area contributed by atoms with Gasteiger partial charge < -0.3 is 10.7 Å². The number of fused-ring (bicyclic) bond motifs is 2. The van der Waals surface area contributed by atoms with Crippen LogP contribution < -0.4 is 11.3 Å². The number of anilines is 1. The zero-order valence-electron chi connectivity index (χ0n) is 8.81. The summed E-state index contributed by atoms with van der Waals surface area (Å²) in [5, 5.41) is 2.14. The Morgan fingerprint density at radius 2 is 1.76 bits per heavy atom. The van der Waals surface area contributed by atoms with Crippen molar-refractivity contribution >= 4 is 40.0 Å². The van der Waals surface area contributed by atoms with Gasteiger partial charge in [0.25, 0.3) is 5.56 Å². The first-order valence-electron chi connectivity index (χ1n) is 4.92. The lowest BCUT2D eigenvalue weighted by atomic mass is 10.1. The number of hydrogen-bond donors (Lipinski definition) is 2. The summed E-state index contributed by atoms with van der Waals surface area (Å²) in [6, 6.07) is 11.7. The molecule has 0 bridgehead atoms. The fourth-order valence-electron chi connectivity index (χ4n) is 1.79. The average Bonchev–Trinajstić information content (AvgIpc) is 2.28. The molecule has 0 aliphatic carbocycles. The SMILES string of the molecule is Cl.Nc1nc2cc3ccccc3cc2[nH]c1=O. The summed E-state index contributed by atoms with van der Waals surface area (Å²) in [4.78, 5) is 18.1. The maximum atomic E-state index is 11.3. The van der Waals surface area contributed by atoms with Gasteiger partial charge in [0.15, 0.2) is 5.82 Å². The molecule has 1 heterocycles. The molecule has 0 amide bonds. The van der Waals surface area contributed by atoms with Gasteiger partial charge in [0.2, 0.25) is 0 Å². The van der Waals surface area contributed by atoms with Gasteiger partial charge in [-0.1, -0.05) is 24.3 Å². The van der Waals surface area contributed by atoms with E-state index in [1.807, 2.05) is 36.4 Å². The molecular weight excluding hydrogens is 238 g/mol. The molecule has 0 radical (unpaired) electrons. The minimum atomic E-state index is -0.345. The molecular formula is C12H10ClN3O. The van der Waals surface area contributed by atoms with Crippen molar-refractivity contribution in [2.75, 3.05) is 5.73 Å². The third-order valence-electron chi connectivity index (χ3n) is 2.59. The molecule has 0 aliphatic heterocycles. The molecule has 86 valence electrons. The van der Waals surface area contributed by atoms with Crippen molar-refractivity contribution in [1.29, 1.82) is 0 Å². The topological polar surface area (TPSA) is 71.8 Å². The van der Waals surface area contributed by atoms with E-state index < -0.39 is 0 Å². The Kier molecular flexibility index (Phi) is 2.73. The second-order valence-corrected chi connectivity index (χ2v) is 3.67. The number of rotatable bonds is 0. The molecule has 4 nitrogen and oxygen atoms in total. The van der Waals surface area contributed by atoms with Gasteiger partial charge in [-0.15, -0.1) is 12.4 Å². The van der Waals surface area contributed by atoms with Gasteiger partial charge in [0.1, 0.15) is 0 Å². The molecule has 0 fully saturated rings. The second kappa shape index (κ2) is 4.07. The van der Waals surface area contributed by atoms with Crippen LogP contribution in [-0.4, -0.2) is 9.97 Å². The van der Waals surface area contributed by atoms with Crippen molar-refractivity contribution in [1.82, 2.24) is 9.97 Å². The number of benzene rings is 2. The third kappa shape index (κ3) is 1.83. The smallest absolute Gasteiger partial charge is 0.290 e. The fraction of sp³-hybridized carbons (Fsp3) is 0. The van der Waals surface area contributed by atoms with Crippen molar-refractivity contribution in [3.05, 3.63) is 46.8 Å². The molecule has 0 saturated heterocycles. The van der Waals surface area contributed by atoms with Gasteiger partial charge >= 0.3 is 0 Å². The molecule has 0 saturated carbocycles. The van der Waals surface area contributed by atoms with E-state index in [1.54, 1.807) is 0 Å². The largest absolute Gasteiger partial charge is 0.379 e. The molecule has 0 atom stereocenters. The van der Waals surface area contributed by atoms with Crippen LogP contribution in [-0.2, 0) is 0 Å². The number of nitrogens with zero attached hydrogens (tertiary/aromatic N) is 1. The Morgan fingerprint density at radius 3 is 2.47 bits per heavy atom. The summed E-state index contributed by atoms with van der Waals surface area (Å²) in [7, 11) is 0. The Morgan fingerprint density at radius 1 is 1.12 bits per heavy atom. The van der Waals surface area contributed by atoms with Gasteiger partial charge in [0, 0.05) is 0 Å². The number of nitrogens with one attached hydrogen (secondary N) is 1. The normalized spacial score (nSPS) is 10.4. The van der Waals surface area contributed by atoms with Crippen LogP contribution in [0.1, 0.15) is 0 Å². The quantitative estimate of drug-likeness (QED) is 0.598. The maximum Gasteiger partial charge on any atom is 0.290 e. The highest BCUT2D eigenvalue weighted by Gasteiger charge is 2.02. The van der Waals surface area contributed by atoms with E-state index in [-0.39, 0.29) is 23.8 Å². The van der Waals surface area contributed by atoms with E-state index in [4.69, 9.17) is 5.73 Å². The molecule has 0 aliphatic rings. The summed E-state index contributed by atoms with van der Waals surface area (Å²) in [6.07, 6.45) is 0. The second-order valence-electron chi connectivity index (χ2n) is 3.67. The number of nitrogens with two attached hydrogens (primary N) is 1. The number of nitrogen functional groups attached to an aromatic ring is 1. The van der Waals surface area contributed by atoms with Crippen LogP contribution in [0, 0.1) is 0 Å². The average molecular weight is 248 g/mol. The fourth-order valence-corrected chi connectivity index (χ4v) is 1.79. The number of hydrogen-bond acceptors (Lipinski definition) is 3. The lowest BCUT2D eigenvalue weighted by Gasteiger charge is -2.01. The zero-order valence-corrected chi connectivity index (χ0v) is 9.62. The Bertz CT molecular complexity index is 751. The Labute approximate surface area is 103 Å². The van der Waals surface area contributed by atoms with Crippen molar-refractivity contribution in [2.24, 2.45) is 0 Å². The van der Waals surface area contributed by atoms with Crippen LogP contribution in [0.2, 0.25) is 0 Å². The monoisotopic (exact) mass is 247 g/mol. The van der Waals surface area contributed by atoms with Gasteiger partial charge in [0.05, 0.1) is 11.0 Å². The van der Waals surface area contributed by atoms with Gasteiger partial charge in [-0.05, 0) is 22.9 Å². The minimum absolute atomic E-state index is 0. The van der Waals surface area contributed by atoms with Crippen molar-refractivity contribution in [2.45, 2.75) is 0 Å². The van der Waals surface area contributed by atoms with E-state index in [1.165, 1.54) is 0 Å². The highest BCUT2D eigenvalue weighted by Crippen LogP contribution is 2.19. The molecule has 3 rings (SSSR count). The molecule has 0 spiro atoms. The predicted octanol–water partition coefficient (Wildman–Crippen LogP) is 2.08. The standard InChI is InChI=1S/C12H9N3O.ClH/c13-11-12(16)15-10-6-8-4-2-1-3-7(8)5-9(10)14-11;/h1-6H,(H2,13,14)(H,15,16);1H. The van der Waals surface area contributed by atoms with Crippen LogP contribution in [0.5, 0.6) is 0 Å². The van der Waals surface area contributed by atoms with E-state index >= 15 is 0 Å². The van der Waals surface area contributed by atoms with Gasteiger partial charge in [-0.2, -0.15) is 0 Å². The number of halogens is 1. The van der Waals surface area contributed by atoms with E-state index in [0.29, 0.717) is 11.0 Å². The number of H-pyrrole nitrogens is 1. The summed E-state index contributed by atoms with van der Waals surface area (Å²) in [6.45, 7) is 0. The van der Waals surface area contributed by atoms with Crippen LogP contribution in [0.4, 0.5) is 5.82 Å². The van der Waals surface area contributed by atoms with E-state index in [2.05, 4.69) is 9.97 Å². The predicted molar refractivity (Wildman–Crippen MR) is 71.5 cm³/mol. The summed E-state index contributed by atoms with van der Waals surface area (Å²) < 4.78 is 0. The van der Waals surface area contributed by atoms with Gasteiger partial charge in [-0.25, -0.2) is 4.98 Å². The lowest BCUT2D eigenvalue weighted by Crippen LogP contribution is -2.13. The highest BCUT2D eigenvalue weighted by molar-refractivity contribution is 5.94. The van der Waals surface area contributed by atoms with Crippen LogP contribution in [0.3, 0.4) is 0 Å². The zero-order chi connectivity index (χ0) is 11.1. The Hall–Kier alpha value is -2.07. The van der Waals surface area contributed by atoms with Crippen LogP contribution in [0.15, 0.2) is 41.2 Å². The van der Waals surface area contributed by atoms with Gasteiger partial charge in [-0.3, -0.25) is 4.79 Å². The van der Waals surface area contributed by atoms with Crippen molar-refractivity contribution in [3.8, 4) is 0 Å². The van der Waals surface area contributed by atoms with Crippen LogP contribution in [0.25, 0.3) is 21.8 Å². The molecule has 5 heteroatoms.